The number of hydrogen-bond donors (Lipinski definition) is 3. The second-order valence-corrected chi connectivity index (χ2v) is 21.9. The van der Waals surface area contributed by atoms with Crippen molar-refractivity contribution in [2.75, 3.05) is 78.1 Å². The highest BCUT2D eigenvalue weighted by Gasteiger charge is 2.50. The predicted octanol–water partition coefficient (Wildman–Crippen LogP) is 8.91. The number of anilines is 1. The highest BCUT2D eigenvalue weighted by atomic mass is 35.5. The molecule has 5 aliphatic rings. The molecule has 0 unspecified atom stereocenters. The van der Waals surface area contributed by atoms with Gasteiger partial charge in [-0.15, -0.1) is 0 Å². The lowest BCUT2D eigenvalue weighted by molar-refractivity contribution is -0.138. The fourth-order valence-electron chi connectivity index (χ4n) is 12.8. The second-order valence-electron chi connectivity index (χ2n) is 21.6. The Morgan fingerprint density at radius 3 is 2.39 bits per heavy atom. The molecule has 0 bridgehead atoms. The first-order valence-corrected chi connectivity index (χ1v) is 27.3. The summed E-state index contributed by atoms with van der Waals surface area (Å²) < 4.78 is 52.4. The normalized spacial score (nSPS) is 24.3. The van der Waals surface area contributed by atoms with E-state index in [-0.39, 0.29) is 76.6 Å². The number of aromatic nitrogens is 2. The molecule has 18 heteroatoms. The molecule has 76 heavy (non-hydrogen) atoms. The standard InChI is InChI=1S/C58H69ClF2N8O7/c1-34-31-67(23-21-41(34)38-13-16-42-45(29-38)66(4)65-54(42)69-26-22-48(70)64-57(69)73)32-36-19-24-68(25-20-36)56(72)37-11-14-40(15-12-37)63-33-58(39-9-7-6-8-10-39)35(2)49-47(76-58)30-44(60)52(59)51(49)50-43(55(71)62-3)17-18-46(53(50)61)75-28-27-74-5/h6-10,13,16-18,29-30,34-37,40-41,63H,11-12,14-15,19-28,31-33H2,1-5H3,(H,62,71)(H,64,70,73)/t34-,35-,37?,40?,41+,58-/m0/s1. The van der Waals surface area contributed by atoms with E-state index in [1.807, 2.05) is 49.0 Å². The molecule has 5 aromatic rings. The van der Waals surface area contributed by atoms with Gasteiger partial charge in [-0.2, -0.15) is 5.10 Å². The quantitative estimate of drug-likeness (QED) is 0.0865. The van der Waals surface area contributed by atoms with E-state index in [4.69, 9.17) is 25.8 Å². The Kier molecular flexibility index (Phi) is 15.7. The summed E-state index contributed by atoms with van der Waals surface area (Å²) in [4.78, 5) is 58.1. The van der Waals surface area contributed by atoms with Crippen LogP contribution in [-0.4, -0.2) is 123 Å². The molecular weight excluding hydrogens is 994 g/mol. The predicted molar refractivity (Wildman–Crippen MR) is 287 cm³/mol. The molecule has 5 amide bonds. The molecule has 15 nitrogen and oxygen atoms in total. The van der Waals surface area contributed by atoms with Crippen LogP contribution in [-0.2, 0) is 27.0 Å². The number of halogens is 3. The Labute approximate surface area is 447 Å². The molecular formula is C58H69ClF2N8O7. The van der Waals surface area contributed by atoms with Gasteiger partial charge in [-0.3, -0.25) is 29.3 Å². The van der Waals surface area contributed by atoms with Gasteiger partial charge in [0.1, 0.15) is 18.2 Å². The van der Waals surface area contributed by atoms with E-state index in [1.165, 1.54) is 37.9 Å². The number of nitrogens with one attached hydrogen (secondary N) is 3. The number of nitrogens with zero attached hydrogens (tertiary/aromatic N) is 5. The molecule has 4 fully saturated rings. The zero-order valence-corrected chi connectivity index (χ0v) is 44.8. The molecule has 4 aliphatic heterocycles. The van der Waals surface area contributed by atoms with E-state index in [0.29, 0.717) is 42.2 Å². The van der Waals surface area contributed by atoms with Crippen molar-refractivity contribution in [3.05, 3.63) is 106 Å². The second kappa shape index (κ2) is 22.4. The van der Waals surface area contributed by atoms with Gasteiger partial charge in [-0.05, 0) is 105 Å². The van der Waals surface area contributed by atoms with Crippen LogP contribution in [0, 0.1) is 29.4 Å². The number of urea groups is 1. The molecule has 10 rings (SSSR count). The molecule has 3 N–H and O–H groups in total. The number of amides is 5. The van der Waals surface area contributed by atoms with Gasteiger partial charge in [0.05, 0.1) is 22.7 Å². The molecule has 1 aromatic heterocycles. The van der Waals surface area contributed by atoms with E-state index in [0.717, 1.165) is 94.1 Å². The summed E-state index contributed by atoms with van der Waals surface area (Å²) in [6, 6.07) is 19.9. The minimum atomic E-state index is -1.07. The number of rotatable bonds is 15. The van der Waals surface area contributed by atoms with Gasteiger partial charge >= 0.3 is 6.03 Å². The molecule has 0 radical (unpaired) electrons. The number of methoxy groups -OCH3 is 1. The third-order valence-corrected chi connectivity index (χ3v) is 17.4. The van der Waals surface area contributed by atoms with Gasteiger partial charge in [-0.1, -0.05) is 61.8 Å². The lowest BCUT2D eigenvalue weighted by Gasteiger charge is -2.41. The summed E-state index contributed by atoms with van der Waals surface area (Å²) in [6.07, 6.45) is 6.41. The maximum Gasteiger partial charge on any atom is 0.329 e. The van der Waals surface area contributed by atoms with Crippen molar-refractivity contribution in [1.82, 2.24) is 35.5 Å². The van der Waals surface area contributed by atoms with Gasteiger partial charge in [0.15, 0.2) is 23.0 Å². The van der Waals surface area contributed by atoms with E-state index in [1.54, 1.807) is 4.90 Å². The first-order valence-electron chi connectivity index (χ1n) is 26.9. The summed E-state index contributed by atoms with van der Waals surface area (Å²) in [5, 5.41) is 14.0. The van der Waals surface area contributed by atoms with E-state index in [2.05, 4.69) is 56.0 Å². The molecule has 3 saturated heterocycles. The average molecular weight is 1060 g/mol. The van der Waals surface area contributed by atoms with Crippen LogP contribution in [0.2, 0.25) is 5.02 Å². The highest BCUT2D eigenvalue weighted by Crippen LogP contribution is 2.57. The third kappa shape index (κ3) is 10.3. The zero-order chi connectivity index (χ0) is 53.4. The topological polar surface area (TPSA) is 160 Å². The number of fused-ring (bicyclic) bond motifs is 2. The van der Waals surface area contributed by atoms with Crippen LogP contribution < -0.4 is 30.3 Å². The van der Waals surface area contributed by atoms with Crippen molar-refractivity contribution in [2.24, 2.45) is 24.8 Å². The molecule has 1 aliphatic carbocycles. The maximum absolute atomic E-state index is 16.8. The van der Waals surface area contributed by atoms with Crippen LogP contribution >= 0.6 is 11.6 Å². The van der Waals surface area contributed by atoms with Crippen LogP contribution in [0.4, 0.5) is 19.4 Å². The lowest BCUT2D eigenvalue weighted by Crippen LogP contribution is -2.49. The summed E-state index contributed by atoms with van der Waals surface area (Å²) in [6.45, 7) is 9.80. The summed E-state index contributed by atoms with van der Waals surface area (Å²) >= 11 is 6.84. The number of aryl methyl sites for hydroxylation is 1. The van der Waals surface area contributed by atoms with Crippen molar-refractivity contribution in [3.8, 4) is 22.6 Å². The summed E-state index contributed by atoms with van der Waals surface area (Å²) in [5.74, 6) is -0.754. The maximum atomic E-state index is 16.8. The zero-order valence-electron chi connectivity index (χ0n) is 44.1. The van der Waals surface area contributed by atoms with Crippen molar-refractivity contribution in [2.45, 2.75) is 88.7 Å². The molecule has 0 spiro atoms. The molecule has 1 saturated carbocycles. The number of ether oxygens (including phenoxy) is 3. The van der Waals surface area contributed by atoms with Crippen LogP contribution in [0.15, 0.2) is 66.7 Å². The Hall–Kier alpha value is -6.14. The number of hydrogen-bond acceptors (Lipinski definition) is 10. The lowest BCUT2D eigenvalue weighted by atomic mass is 9.77. The number of piperidine rings is 2. The smallest absolute Gasteiger partial charge is 0.329 e. The fourth-order valence-corrected chi connectivity index (χ4v) is 13.1. The van der Waals surface area contributed by atoms with Crippen LogP contribution in [0.25, 0.3) is 22.0 Å². The van der Waals surface area contributed by atoms with Crippen molar-refractivity contribution >= 4 is 52.1 Å². The number of imide groups is 1. The number of likely N-dealkylation sites (tertiary alicyclic amines) is 2. The van der Waals surface area contributed by atoms with Crippen LogP contribution in [0.5, 0.6) is 11.5 Å². The van der Waals surface area contributed by atoms with Gasteiger partial charge in [0.2, 0.25) is 11.8 Å². The van der Waals surface area contributed by atoms with E-state index in [9.17, 15) is 19.2 Å². The minimum absolute atomic E-state index is 0.0309. The van der Waals surface area contributed by atoms with Gasteiger partial charge in [0, 0.05) is 113 Å². The first kappa shape index (κ1) is 53.3. The van der Waals surface area contributed by atoms with Gasteiger partial charge in [0.25, 0.3) is 5.91 Å². The molecule has 404 valence electrons. The van der Waals surface area contributed by atoms with Gasteiger partial charge in [-0.25, -0.2) is 13.6 Å². The largest absolute Gasteiger partial charge is 0.488 e. The minimum Gasteiger partial charge on any atom is -0.488 e. The van der Waals surface area contributed by atoms with Crippen molar-refractivity contribution < 1.29 is 42.2 Å². The summed E-state index contributed by atoms with van der Waals surface area (Å²) in [5.41, 5.74) is 2.32. The SMILES string of the molecule is CNC(=O)c1ccc(OCCOC)c(F)c1-c1c(Cl)c(F)cc2c1[C@H](C)[C@@](CNC1CCC(C(=O)N3CCC(CN4CC[C@@H](c5ccc6c(N7CCC(=O)NC7=O)nn(C)c6c5)[C@@H](C)C4)CC3)CC1)(c1ccccc1)O2. The Morgan fingerprint density at radius 1 is 0.921 bits per heavy atom. The van der Waals surface area contributed by atoms with E-state index >= 15 is 8.78 Å². The summed E-state index contributed by atoms with van der Waals surface area (Å²) in [7, 11) is 4.85. The number of carbonyl (C=O) groups excluding carboxylic acids is 4. The Bertz CT molecular complexity index is 3000. The molecule has 4 atom stereocenters. The van der Waals surface area contributed by atoms with Crippen LogP contribution in [0.1, 0.15) is 104 Å². The van der Waals surface area contributed by atoms with Crippen molar-refractivity contribution in [1.29, 1.82) is 0 Å². The number of benzene rings is 4. The van der Waals surface area contributed by atoms with Gasteiger partial charge < -0.3 is 34.6 Å². The fraction of sp³-hybridized carbons (Fsp3) is 0.500. The van der Waals surface area contributed by atoms with Crippen LogP contribution in [0.3, 0.4) is 0 Å². The highest BCUT2D eigenvalue weighted by molar-refractivity contribution is 6.34. The average Bonchev–Trinajstić information content (AvgIpc) is 3.97. The first-order chi connectivity index (χ1) is 36.7. The Balaban J connectivity index is 0.743. The Morgan fingerprint density at radius 2 is 1.68 bits per heavy atom. The third-order valence-electron chi connectivity index (χ3n) is 17.0. The molecule has 5 heterocycles. The molecule has 4 aromatic carbocycles. The number of carbonyl (C=O) groups is 4. The van der Waals surface area contributed by atoms with E-state index < -0.39 is 35.1 Å². The van der Waals surface area contributed by atoms with Crippen molar-refractivity contribution in [3.63, 3.8) is 0 Å². The monoisotopic (exact) mass is 1060 g/mol.